The van der Waals surface area contributed by atoms with Crippen molar-refractivity contribution in [3.05, 3.63) is 54.1 Å². The minimum atomic E-state index is -3.43. The van der Waals surface area contributed by atoms with Crippen LogP contribution in [-0.2, 0) is 9.84 Å². The van der Waals surface area contributed by atoms with Gasteiger partial charge in [-0.2, -0.15) is 0 Å². The largest absolute Gasteiger partial charge is 0.327 e. The van der Waals surface area contributed by atoms with Crippen molar-refractivity contribution < 1.29 is 18.0 Å². The Morgan fingerprint density at radius 3 is 2.53 bits per heavy atom. The number of likely N-dealkylation sites (N-methyl/N-ethyl adjacent to an activating group) is 1. The Morgan fingerprint density at radius 1 is 1.06 bits per heavy atom. The molecule has 1 saturated heterocycles. The van der Waals surface area contributed by atoms with Crippen molar-refractivity contribution >= 4 is 48.5 Å². The molecule has 34 heavy (non-hydrogen) atoms. The molecule has 1 aliphatic heterocycles. The lowest BCUT2D eigenvalue weighted by Gasteiger charge is -2.32. The highest BCUT2D eigenvalue weighted by Crippen LogP contribution is 2.28. The van der Waals surface area contributed by atoms with E-state index in [0.717, 1.165) is 44.1 Å². The normalized spacial score (nSPS) is 15.3. The minimum absolute atomic E-state index is 0.0821. The van der Waals surface area contributed by atoms with E-state index in [1.165, 1.54) is 0 Å². The number of imide groups is 1. The van der Waals surface area contributed by atoms with Gasteiger partial charge in [-0.15, -0.1) is 0 Å². The predicted molar refractivity (Wildman–Crippen MR) is 133 cm³/mol. The number of thiazole rings is 1. The molecule has 2 heterocycles. The van der Waals surface area contributed by atoms with Crippen LogP contribution < -0.4 is 10.6 Å². The molecule has 0 aliphatic carbocycles. The molecule has 0 saturated carbocycles. The summed E-state index contributed by atoms with van der Waals surface area (Å²) < 4.78 is 26.3. The number of fused-ring (bicyclic) bond motifs is 1. The van der Waals surface area contributed by atoms with E-state index in [1.54, 1.807) is 48.5 Å². The van der Waals surface area contributed by atoms with Gasteiger partial charge >= 0.3 is 6.03 Å². The number of nitrogens with one attached hydrogen (secondary N) is 2. The van der Waals surface area contributed by atoms with Crippen LogP contribution in [0.2, 0.25) is 0 Å². The topological polar surface area (TPSA) is 112 Å². The first-order chi connectivity index (χ1) is 16.3. The summed E-state index contributed by atoms with van der Waals surface area (Å²) in [4.78, 5) is 33.4. The number of piperazine rings is 1. The van der Waals surface area contributed by atoms with E-state index in [1.807, 2.05) is 0 Å². The van der Waals surface area contributed by atoms with E-state index in [-0.39, 0.29) is 15.8 Å². The number of carbonyl (C=O) groups excluding carboxylic acids is 2. The molecule has 1 fully saturated rings. The molecule has 180 valence electrons. The Hall–Kier alpha value is -2.86. The highest BCUT2D eigenvalue weighted by Gasteiger charge is 2.19. The van der Waals surface area contributed by atoms with Crippen molar-refractivity contribution in [2.24, 2.45) is 0 Å². The maximum atomic E-state index is 12.9. The number of hydrogen-bond donors (Lipinski definition) is 2. The molecule has 2 aromatic carbocycles. The van der Waals surface area contributed by atoms with Crippen LogP contribution in [0.5, 0.6) is 0 Å². The molecule has 0 bridgehead atoms. The molecule has 2 N–H and O–H groups in total. The molecule has 0 radical (unpaired) electrons. The van der Waals surface area contributed by atoms with Crippen molar-refractivity contribution in [2.45, 2.75) is 11.3 Å². The number of rotatable bonds is 7. The van der Waals surface area contributed by atoms with Crippen molar-refractivity contribution in [3.63, 3.8) is 0 Å². The number of urea groups is 1. The Bertz CT molecular complexity index is 1270. The summed E-state index contributed by atoms with van der Waals surface area (Å²) in [6, 6.07) is 12.5. The lowest BCUT2D eigenvalue weighted by Crippen LogP contribution is -2.44. The summed E-state index contributed by atoms with van der Waals surface area (Å²) in [5.74, 6) is -0.442. The van der Waals surface area contributed by atoms with Crippen molar-refractivity contribution in [2.75, 3.05) is 50.8 Å². The van der Waals surface area contributed by atoms with Crippen molar-refractivity contribution in [1.82, 2.24) is 20.1 Å². The average molecular weight is 502 g/mol. The number of anilines is 1. The molecule has 1 aromatic heterocycles. The Balaban J connectivity index is 1.35. The number of hydrogen-bond acceptors (Lipinski definition) is 8. The third-order valence-corrected chi connectivity index (χ3v) is 8.42. The number of aromatic nitrogens is 1. The van der Waals surface area contributed by atoms with Gasteiger partial charge in [0.05, 0.1) is 20.9 Å². The zero-order valence-electron chi connectivity index (χ0n) is 18.9. The monoisotopic (exact) mass is 501 g/mol. The van der Waals surface area contributed by atoms with Gasteiger partial charge in [-0.3, -0.25) is 15.4 Å². The lowest BCUT2D eigenvalue weighted by molar-refractivity contribution is 0.0967. The van der Waals surface area contributed by atoms with Gasteiger partial charge in [-0.1, -0.05) is 29.5 Å². The molecule has 9 nitrogen and oxygen atoms in total. The number of carbonyl (C=O) groups is 2. The molecule has 0 spiro atoms. The smallest absolute Gasteiger partial charge is 0.304 e. The first-order valence-corrected chi connectivity index (χ1v) is 13.5. The molecular formula is C23H27N5O4S2. The van der Waals surface area contributed by atoms with Gasteiger partial charge in [-0.05, 0) is 50.3 Å². The van der Waals surface area contributed by atoms with Gasteiger partial charge in [0.2, 0.25) is 0 Å². The second kappa shape index (κ2) is 10.6. The summed E-state index contributed by atoms with van der Waals surface area (Å²) in [7, 11) is -1.33. The standard InChI is InChI=1S/C23H27N5O4S2/c1-27-11-13-28(14-12-27)10-5-15-34(31,32)18-8-9-19-20(16-18)33-23(24-19)26-22(30)25-21(29)17-6-3-2-4-7-17/h2-4,6-9,16H,5,10-15H2,1H3,(H2,24,25,26,29,30). The van der Waals surface area contributed by atoms with E-state index in [0.29, 0.717) is 22.2 Å². The highest BCUT2D eigenvalue weighted by atomic mass is 32.2. The van der Waals surface area contributed by atoms with Crippen LogP contribution in [0.4, 0.5) is 9.93 Å². The molecule has 0 atom stereocenters. The first-order valence-electron chi connectivity index (χ1n) is 11.0. The van der Waals surface area contributed by atoms with Crippen LogP contribution >= 0.6 is 11.3 Å². The third kappa shape index (κ3) is 6.17. The number of sulfone groups is 1. The lowest BCUT2D eigenvalue weighted by atomic mass is 10.2. The van der Waals surface area contributed by atoms with Gasteiger partial charge < -0.3 is 9.80 Å². The number of amides is 3. The van der Waals surface area contributed by atoms with Gasteiger partial charge in [0.1, 0.15) is 0 Å². The van der Waals surface area contributed by atoms with Crippen LogP contribution in [0.25, 0.3) is 10.2 Å². The van der Waals surface area contributed by atoms with Crippen LogP contribution in [-0.4, -0.2) is 80.7 Å². The summed E-state index contributed by atoms with van der Waals surface area (Å²) in [5, 5.41) is 5.07. The first kappa shape index (κ1) is 24.3. The van der Waals surface area contributed by atoms with Gasteiger partial charge in [0.25, 0.3) is 5.91 Å². The molecule has 11 heteroatoms. The minimum Gasteiger partial charge on any atom is -0.304 e. The Labute approximate surface area is 202 Å². The Kier molecular flexibility index (Phi) is 7.57. The predicted octanol–water partition coefficient (Wildman–Crippen LogP) is 2.67. The van der Waals surface area contributed by atoms with Crippen LogP contribution in [0.1, 0.15) is 16.8 Å². The zero-order valence-corrected chi connectivity index (χ0v) is 20.5. The maximum absolute atomic E-state index is 12.9. The van der Waals surface area contributed by atoms with E-state index in [2.05, 4.69) is 32.5 Å². The molecule has 0 unspecified atom stereocenters. The highest BCUT2D eigenvalue weighted by molar-refractivity contribution is 7.91. The maximum Gasteiger partial charge on any atom is 0.327 e. The summed E-state index contributed by atoms with van der Waals surface area (Å²) in [6.07, 6.45) is 0.579. The molecule has 4 rings (SSSR count). The molecule has 3 amide bonds. The number of nitrogens with zero attached hydrogens (tertiary/aromatic N) is 3. The van der Waals surface area contributed by atoms with Gasteiger partial charge in [0.15, 0.2) is 15.0 Å². The van der Waals surface area contributed by atoms with Crippen LogP contribution in [0.3, 0.4) is 0 Å². The van der Waals surface area contributed by atoms with Crippen molar-refractivity contribution in [1.29, 1.82) is 0 Å². The van der Waals surface area contributed by atoms with E-state index in [4.69, 9.17) is 0 Å². The van der Waals surface area contributed by atoms with Crippen LogP contribution in [0.15, 0.2) is 53.4 Å². The average Bonchev–Trinajstić information content (AvgIpc) is 3.22. The summed E-state index contributed by atoms with van der Waals surface area (Å²) in [6.45, 7) is 4.70. The fourth-order valence-corrected chi connectivity index (χ4v) is 6.00. The van der Waals surface area contributed by atoms with E-state index >= 15 is 0 Å². The van der Waals surface area contributed by atoms with E-state index < -0.39 is 21.8 Å². The second-order valence-corrected chi connectivity index (χ2v) is 11.4. The number of benzene rings is 2. The van der Waals surface area contributed by atoms with E-state index in [9.17, 15) is 18.0 Å². The van der Waals surface area contributed by atoms with Gasteiger partial charge in [0, 0.05) is 31.7 Å². The third-order valence-electron chi connectivity index (χ3n) is 5.69. The van der Waals surface area contributed by atoms with Gasteiger partial charge in [-0.25, -0.2) is 18.2 Å². The summed E-state index contributed by atoms with van der Waals surface area (Å²) >= 11 is 1.15. The van der Waals surface area contributed by atoms with Crippen molar-refractivity contribution in [3.8, 4) is 0 Å². The quantitative estimate of drug-likeness (QED) is 0.512. The summed E-state index contributed by atoms with van der Waals surface area (Å²) in [5.41, 5.74) is 0.940. The fraction of sp³-hybridized carbons (Fsp3) is 0.348. The second-order valence-electron chi connectivity index (χ2n) is 8.24. The Morgan fingerprint density at radius 2 is 1.79 bits per heavy atom. The van der Waals surface area contributed by atoms with Crippen LogP contribution in [0, 0.1) is 0 Å². The fourth-order valence-electron chi connectivity index (χ4n) is 3.71. The molecule has 3 aromatic rings. The molecule has 1 aliphatic rings. The molecular weight excluding hydrogens is 474 g/mol. The SMILES string of the molecule is CN1CCN(CCCS(=O)(=O)c2ccc3nc(NC(=O)NC(=O)c4ccccc4)sc3c2)CC1. The zero-order chi connectivity index (χ0) is 24.1.